The van der Waals surface area contributed by atoms with Crippen molar-refractivity contribution in [1.82, 2.24) is 15.3 Å². The Morgan fingerprint density at radius 1 is 1.12 bits per heavy atom. The molecule has 2 N–H and O–H groups in total. The molecule has 5 nitrogen and oxygen atoms in total. The molecular formula is C19H29N3O2. The normalized spacial score (nSPS) is 10.9. The van der Waals surface area contributed by atoms with Crippen LogP contribution in [0.1, 0.15) is 64.4 Å². The van der Waals surface area contributed by atoms with Crippen LogP contribution in [0.5, 0.6) is 6.01 Å². The van der Waals surface area contributed by atoms with E-state index in [1.165, 1.54) is 37.7 Å². The maximum absolute atomic E-state index is 11.8. The van der Waals surface area contributed by atoms with Gasteiger partial charge >= 0.3 is 12.1 Å². The Morgan fingerprint density at radius 2 is 1.92 bits per heavy atom. The van der Waals surface area contributed by atoms with E-state index in [-0.39, 0.29) is 6.01 Å². The molecule has 0 spiro atoms. The minimum absolute atomic E-state index is 0.251. The molecule has 1 aromatic heterocycles. The van der Waals surface area contributed by atoms with E-state index >= 15 is 0 Å². The number of amides is 1. The summed E-state index contributed by atoms with van der Waals surface area (Å²) in [5.41, 5.74) is 3.00. The Hall–Kier alpha value is -2.04. The zero-order chi connectivity index (χ0) is 17.2. The van der Waals surface area contributed by atoms with Gasteiger partial charge in [0.1, 0.15) is 0 Å². The van der Waals surface area contributed by atoms with Gasteiger partial charge in [-0.1, -0.05) is 52.0 Å². The van der Waals surface area contributed by atoms with Gasteiger partial charge in [-0.2, -0.15) is 4.98 Å². The largest absolute Gasteiger partial charge is 0.415 e. The van der Waals surface area contributed by atoms with Crippen molar-refractivity contribution >= 4 is 17.1 Å². The predicted octanol–water partition coefficient (Wildman–Crippen LogP) is 4.96. The van der Waals surface area contributed by atoms with E-state index in [0.717, 1.165) is 30.3 Å². The highest BCUT2D eigenvalue weighted by Crippen LogP contribution is 2.18. The molecule has 1 aromatic carbocycles. The lowest BCUT2D eigenvalue weighted by Crippen LogP contribution is -2.28. The first-order chi connectivity index (χ1) is 11.7. The maximum Gasteiger partial charge on any atom is 0.415 e. The average Bonchev–Trinajstić information content (AvgIpc) is 2.97. The number of rotatable bonds is 10. The Kier molecular flexibility index (Phi) is 7.59. The number of nitrogens with zero attached hydrogens (tertiary/aromatic N) is 1. The molecule has 5 heteroatoms. The number of aromatic nitrogens is 2. The average molecular weight is 331 g/mol. The molecule has 0 saturated heterocycles. The molecule has 132 valence electrons. The van der Waals surface area contributed by atoms with Gasteiger partial charge in [-0.25, -0.2) is 4.79 Å². The van der Waals surface area contributed by atoms with Crippen LogP contribution in [0, 0.1) is 0 Å². The Balaban J connectivity index is 1.80. The number of aromatic amines is 1. The number of fused-ring (bicyclic) bond motifs is 1. The van der Waals surface area contributed by atoms with Gasteiger partial charge in [0.05, 0.1) is 11.0 Å². The first-order valence-corrected chi connectivity index (χ1v) is 9.17. The Labute approximate surface area is 144 Å². The van der Waals surface area contributed by atoms with Crippen LogP contribution in [0.4, 0.5) is 4.79 Å². The van der Waals surface area contributed by atoms with Crippen LogP contribution in [0.2, 0.25) is 0 Å². The summed E-state index contributed by atoms with van der Waals surface area (Å²) in [5.74, 6) is 0. The number of H-pyrrole nitrogens is 1. The van der Waals surface area contributed by atoms with Crippen LogP contribution in [0.15, 0.2) is 18.2 Å². The van der Waals surface area contributed by atoms with Crippen molar-refractivity contribution in [2.45, 2.75) is 65.2 Å². The second kappa shape index (κ2) is 9.96. The summed E-state index contributed by atoms with van der Waals surface area (Å²) in [5, 5.41) is 2.77. The molecule has 0 aliphatic heterocycles. The van der Waals surface area contributed by atoms with Gasteiger partial charge in [0.15, 0.2) is 0 Å². The number of benzene rings is 1. The van der Waals surface area contributed by atoms with Crippen molar-refractivity contribution in [3.63, 3.8) is 0 Å². The zero-order valence-corrected chi connectivity index (χ0v) is 14.9. The number of nitrogens with one attached hydrogen (secondary N) is 2. The van der Waals surface area contributed by atoms with Crippen LogP contribution in [-0.2, 0) is 6.42 Å². The summed E-state index contributed by atoms with van der Waals surface area (Å²) in [6, 6.07) is 6.38. The first-order valence-electron chi connectivity index (χ1n) is 9.17. The predicted molar refractivity (Wildman–Crippen MR) is 97.5 cm³/mol. The number of hydrogen-bond acceptors (Lipinski definition) is 3. The van der Waals surface area contributed by atoms with Crippen molar-refractivity contribution in [2.75, 3.05) is 6.54 Å². The van der Waals surface area contributed by atoms with Gasteiger partial charge in [0.2, 0.25) is 0 Å². The Morgan fingerprint density at radius 3 is 2.71 bits per heavy atom. The molecule has 1 amide bonds. The molecule has 0 aliphatic rings. The van der Waals surface area contributed by atoms with Gasteiger partial charge in [0.25, 0.3) is 0 Å². The number of imidazole rings is 1. The van der Waals surface area contributed by atoms with Crippen molar-refractivity contribution < 1.29 is 9.53 Å². The summed E-state index contributed by atoms with van der Waals surface area (Å²) >= 11 is 0. The standard InChI is InChI=1S/C19H29N3O2/c1-3-5-7-8-9-13-20-19(23)24-18-21-16-12-11-15(10-6-4-2)14-17(16)22-18/h11-12,14H,3-10,13H2,1-2H3,(H,20,23)(H,21,22). The highest BCUT2D eigenvalue weighted by molar-refractivity contribution is 5.78. The van der Waals surface area contributed by atoms with Gasteiger partial charge in [-0.3, -0.25) is 0 Å². The van der Waals surface area contributed by atoms with E-state index < -0.39 is 6.09 Å². The number of ether oxygens (including phenoxy) is 1. The minimum Gasteiger partial charge on any atom is -0.375 e. The van der Waals surface area contributed by atoms with Crippen molar-refractivity contribution in [3.05, 3.63) is 23.8 Å². The van der Waals surface area contributed by atoms with Crippen LogP contribution in [0.25, 0.3) is 11.0 Å². The van der Waals surface area contributed by atoms with Gasteiger partial charge in [0, 0.05) is 6.54 Å². The fraction of sp³-hybridized carbons (Fsp3) is 0.579. The van der Waals surface area contributed by atoms with E-state index in [0.29, 0.717) is 6.54 Å². The molecule has 0 bridgehead atoms. The van der Waals surface area contributed by atoms with E-state index in [9.17, 15) is 4.79 Å². The number of carbonyl (C=O) groups excluding carboxylic acids is 1. The molecule has 0 atom stereocenters. The first kappa shape index (κ1) is 18.3. The lowest BCUT2D eigenvalue weighted by Gasteiger charge is -2.04. The molecule has 0 fully saturated rings. The van der Waals surface area contributed by atoms with E-state index in [1.54, 1.807) is 0 Å². The molecule has 24 heavy (non-hydrogen) atoms. The molecule has 2 rings (SSSR count). The second-order valence-corrected chi connectivity index (χ2v) is 6.23. The topological polar surface area (TPSA) is 67.0 Å². The van der Waals surface area contributed by atoms with Gasteiger partial charge in [-0.15, -0.1) is 0 Å². The molecule has 0 aliphatic carbocycles. The summed E-state index contributed by atoms with van der Waals surface area (Å²) in [6.45, 7) is 5.02. The van der Waals surface area contributed by atoms with Crippen molar-refractivity contribution in [1.29, 1.82) is 0 Å². The van der Waals surface area contributed by atoms with Crippen LogP contribution in [-0.4, -0.2) is 22.6 Å². The fourth-order valence-electron chi connectivity index (χ4n) is 2.66. The molecule has 0 unspecified atom stereocenters. The third kappa shape index (κ3) is 5.87. The number of aryl methyl sites for hydroxylation is 1. The zero-order valence-electron chi connectivity index (χ0n) is 14.9. The van der Waals surface area contributed by atoms with Gasteiger partial charge in [-0.05, 0) is 37.0 Å². The van der Waals surface area contributed by atoms with E-state index in [4.69, 9.17) is 4.74 Å². The van der Waals surface area contributed by atoms with Crippen LogP contribution >= 0.6 is 0 Å². The van der Waals surface area contributed by atoms with E-state index in [1.807, 2.05) is 6.07 Å². The second-order valence-electron chi connectivity index (χ2n) is 6.23. The molecule has 1 heterocycles. The highest BCUT2D eigenvalue weighted by Gasteiger charge is 2.09. The number of carbonyl (C=O) groups is 1. The smallest absolute Gasteiger partial charge is 0.375 e. The summed E-state index contributed by atoms with van der Waals surface area (Å²) in [4.78, 5) is 19.2. The third-order valence-electron chi connectivity index (χ3n) is 4.08. The monoisotopic (exact) mass is 331 g/mol. The maximum atomic E-state index is 11.8. The minimum atomic E-state index is -0.448. The van der Waals surface area contributed by atoms with Gasteiger partial charge < -0.3 is 15.0 Å². The summed E-state index contributed by atoms with van der Waals surface area (Å²) in [6.07, 6.45) is 8.77. The lowest BCUT2D eigenvalue weighted by molar-refractivity contribution is 0.197. The number of unbranched alkanes of at least 4 members (excludes halogenated alkanes) is 5. The third-order valence-corrected chi connectivity index (χ3v) is 4.08. The SMILES string of the molecule is CCCCCCCNC(=O)Oc1nc2ccc(CCCC)cc2[nH]1. The van der Waals surface area contributed by atoms with Crippen molar-refractivity contribution in [3.8, 4) is 6.01 Å². The summed E-state index contributed by atoms with van der Waals surface area (Å²) < 4.78 is 5.23. The molecular weight excluding hydrogens is 302 g/mol. The molecule has 0 radical (unpaired) electrons. The Bertz CT molecular complexity index is 637. The fourth-order valence-corrected chi connectivity index (χ4v) is 2.66. The molecule has 2 aromatic rings. The number of hydrogen-bond donors (Lipinski definition) is 2. The lowest BCUT2D eigenvalue weighted by atomic mass is 10.1. The quantitative estimate of drug-likeness (QED) is 0.604. The van der Waals surface area contributed by atoms with E-state index in [2.05, 4.69) is 41.3 Å². The van der Waals surface area contributed by atoms with Crippen LogP contribution in [0.3, 0.4) is 0 Å². The molecule has 0 saturated carbocycles. The van der Waals surface area contributed by atoms with Crippen molar-refractivity contribution in [2.24, 2.45) is 0 Å². The van der Waals surface area contributed by atoms with Crippen LogP contribution < -0.4 is 10.1 Å². The highest BCUT2D eigenvalue weighted by atomic mass is 16.6. The summed E-state index contributed by atoms with van der Waals surface area (Å²) in [7, 11) is 0.